The fraction of sp³-hybridized carbons (Fsp3) is 0.120. The van der Waals surface area contributed by atoms with Gasteiger partial charge in [0.05, 0.1) is 12.7 Å². The van der Waals surface area contributed by atoms with Gasteiger partial charge >= 0.3 is 5.97 Å². The SMILES string of the molecule is COc1ccc(CC#Cc2cccc(C(=O)NCc3ccc(C(=O)O)cc3)c2)cc1. The molecule has 30 heavy (non-hydrogen) atoms. The number of carboxylic acid groups (broad SMARTS) is 1. The van der Waals surface area contributed by atoms with Gasteiger partial charge in [-0.1, -0.05) is 42.2 Å². The molecule has 5 nitrogen and oxygen atoms in total. The van der Waals surface area contributed by atoms with Crippen molar-refractivity contribution in [1.82, 2.24) is 5.32 Å². The van der Waals surface area contributed by atoms with Gasteiger partial charge in [0, 0.05) is 24.1 Å². The number of amides is 1. The highest BCUT2D eigenvalue weighted by atomic mass is 16.5. The molecule has 2 N–H and O–H groups in total. The van der Waals surface area contributed by atoms with Gasteiger partial charge in [-0.25, -0.2) is 4.79 Å². The summed E-state index contributed by atoms with van der Waals surface area (Å²) in [6.45, 7) is 0.312. The van der Waals surface area contributed by atoms with Crippen LogP contribution in [0.5, 0.6) is 5.75 Å². The fourth-order valence-electron chi connectivity index (χ4n) is 2.78. The van der Waals surface area contributed by atoms with Crippen molar-refractivity contribution in [2.75, 3.05) is 7.11 Å². The van der Waals surface area contributed by atoms with Gasteiger partial charge in [0.15, 0.2) is 0 Å². The molecule has 0 aromatic heterocycles. The number of hydrogen-bond donors (Lipinski definition) is 2. The highest BCUT2D eigenvalue weighted by molar-refractivity contribution is 5.94. The minimum atomic E-state index is -0.976. The van der Waals surface area contributed by atoms with Crippen LogP contribution in [0.4, 0.5) is 0 Å². The van der Waals surface area contributed by atoms with Crippen LogP contribution in [-0.4, -0.2) is 24.1 Å². The Morgan fingerprint density at radius 2 is 1.63 bits per heavy atom. The first-order valence-corrected chi connectivity index (χ1v) is 9.37. The summed E-state index contributed by atoms with van der Waals surface area (Å²) < 4.78 is 5.14. The number of carbonyl (C=O) groups excluding carboxylic acids is 1. The lowest BCUT2D eigenvalue weighted by Crippen LogP contribution is -2.22. The number of rotatable bonds is 6. The molecule has 150 valence electrons. The lowest BCUT2D eigenvalue weighted by atomic mass is 10.1. The molecular formula is C25H21NO4. The van der Waals surface area contributed by atoms with Crippen LogP contribution >= 0.6 is 0 Å². The van der Waals surface area contributed by atoms with Gasteiger partial charge < -0.3 is 15.2 Å². The molecule has 3 aromatic carbocycles. The zero-order valence-electron chi connectivity index (χ0n) is 16.5. The average molecular weight is 399 g/mol. The maximum absolute atomic E-state index is 12.4. The largest absolute Gasteiger partial charge is 0.497 e. The molecule has 0 aliphatic carbocycles. The topological polar surface area (TPSA) is 75.6 Å². The number of carboxylic acids is 1. The van der Waals surface area contributed by atoms with Crippen molar-refractivity contribution in [1.29, 1.82) is 0 Å². The molecule has 0 spiro atoms. The summed E-state index contributed by atoms with van der Waals surface area (Å²) in [7, 11) is 1.63. The number of ether oxygens (including phenoxy) is 1. The minimum Gasteiger partial charge on any atom is -0.497 e. The molecule has 0 bridgehead atoms. The van der Waals surface area contributed by atoms with Gasteiger partial charge in [0.1, 0.15) is 5.75 Å². The van der Waals surface area contributed by atoms with Gasteiger partial charge in [-0.05, 0) is 53.6 Å². The Morgan fingerprint density at radius 1 is 0.933 bits per heavy atom. The first-order chi connectivity index (χ1) is 14.5. The molecule has 0 radical (unpaired) electrons. The van der Waals surface area contributed by atoms with Crippen molar-refractivity contribution < 1.29 is 19.4 Å². The van der Waals surface area contributed by atoms with Crippen LogP contribution in [0, 0.1) is 11.8 Å². The van der Waals surface area contributed by atoms with E-state index in [2.05, 4.69) is 17.2 Å². The molecule has 5 heteroatoms. The summed E-state index contributed by atoms with van der Waals surface area (Å²) in [5.74, 6) is 5.83. The normalized spacial score (nSPS) is 9.90. The number of benzene rings is 3. The third kappa shape index (κ3) is 5.73. The number of hydrogen-bond acceptors (Lipinski definition) is 3. The molecule has 0 aliphatic rings. The molecular weight excluding hydrogens is 378 g/mol. The second-order valence-corrected chi connectivity index (χ2v) is 6.59. The Hall–Kier alpha value is -4.04. The standard InChI is InChI=1S/C25H21NO4/c1-30-23-14-10-18(11-15-23)4-2-5-19-6-3-7-22(16-19)24(27)26-17-20-8-12-21(13-9-20)25(28)29/h3,6-16H,4,17H2,1H3,(H,26,27)(H,28,29). The van der Waals surface area contributed by atoms with Crippen molar-refractivity contribution in [3.63, 3.8) is 0 Å². The lowest BCUT2D eigenvalue weighted by Gasteiger charge is -2.06. The monoisotopic (exact) mass is 399 g/mol. The van der Waals surface area contributed by atoms with Crippen LogP contribution in [0.3, 0.4) is 0 Å². The zero-order chi connectivity index (χ0) is 21.3. The van der Waals surface area contributed by atoms with Gasteiger partial charge in [-0.15, -0.1) is 0 Å². The summed E-state index contributed by atoms with van der Waals surface area (Å²) in [5.41, 5.74) is 3.41. The highest BCUT2D eigenvalue weighted by Crippen LogP contribution is 2.11. The molecule has 0 saturated carbocycles. The number of carbonyl (C=O) groups is 2. The smallest absolute Gasteiger partial charge is 0.335 e. The summed E-state index contributed by atoms with van der Waals surface area (Å²) in [4.78, 5) is 23.3. The third-order valence-electron chi connectivity index (χ3n) is 4.46. The van der Waals surface area contributed by atoms with Crippen LogP contribution < -0.4 is 10.1 Å². The van der Waals surface area contributed by atoms with E-state index in [9.17, 15) is 9.59 Å². The second kappa shape index (κ2) is 9.94. The van der Waals surface area contributed by atoms with Crippen molar-refractivity contribution in [3.8, 4) is 17.6 Å². The lowest BCUT2D eigenvalue weighted by molar-refractivity contribution is 0.0696. The Kier molecular flexibility index (Phi) is 6.86. The Bertz CT molecular complexity index is 1090. The number of methoxy groups -OCH3 is 1. The Balaban J connectivity index is 1.58. The summed E-state index contributed by atoms with van der Waals surface area (Å²) in [5, 5.41) is 11.8. The van der Waals surface area contributed by atoms with E-state index in [0.717, 1.165) is 22.4 Å². The van der Waals surface area contributed by atoms with E-state index in [4.69, 9.17) is 9.84 Å². The van der Waals surface area contributed by atoms with E-state index < -0.39 is 5.97 Å². The van der Waals surface area contributed by atoms with Crippen LogP contribution in [0.25, 0.3) is 0 Å². The third-order valence-corrected chi connectivity index (χ3v) is 4.46. The number of aromatic carboxylic acids is 1. The van der Waals surface area contributed by atoms with Crippen molar-refractivity contribution in [2.45, 2.75) is 13.0 Å². The van der Waals surface area contributed by atoms with E-state index in [1.165, 1.54) is 12.1 Å². The maximum Gasteiger partial charge on any atom is 0.335 e. The van der Waals surface area contributed by atoms with Crippen LogP contribution in [0.1, 0.15) is 37.4 Å². The highest BCUT2D eigenvalue weighted by Gasteiger charge is 2.06. The predicted molar refractivity (Wildman–Crippen MR) is 115 cm³/mol. The van der Waals surface area contributed by atoms with E-state index in [-0.39, 0.29) is 11.5 Å². The van der Waals surface area contributed by atoms with E-state index in [0.29, 0.717) is 18.5 Å². The first-order valence-electron chi connectivity index (χ1n) is 9.37. The summed E-state index contributed by atoms with van der Waals surface area (Å²) >= 11 is 0. The van der Waals surface area contributed by atoms with Crippen molar-refractivity contribution in [3.05, 3.63) is 101 Å². The molecule has 0 aliphatic heterocycles. The molecule has 3 aromatic rings. The summed E-state index contributed by atoms with van der Waals surface area (Å²) in [6.07, 6.45) is 0.604. The van der Waals surface area contributed by atoms with Gasteiger partial charge in [0.25, 0.3) is 5.91 Å². The molecule has 0 unspecified atom stereocenters. The first kappa shape index (κ1) is 20.7. The fourth-order valence-corrected chi connectivity index (χ4v) is 2.78. The zero-order valence-corrected chi connectivity index (χ0v) is 16.5. The minimum absolute atomic E-state index is 0.212. The van der Waals surface area contributed by atoms with Crippen molar-refractivity contribution >= 4 is 11.9 Å². The van der Waals surface area contributed by atoms with E-state index in [1.54, 1.807) is 37.4 Å². The van der Waals surface area contributed by atoms with Gasteiger partial charge in [-0.2, -0.15) is 0 Å². The Labute approximate surface area is 175 Å². The van der Waals surface area contributed by atoms with Gasteiger partial charge in [0.2, 0.25) is 0 Å². The Morgan fingerprint density at radius 3 is 2.30 bits per heavy atom. The molecule has 0 fully saturated rings. The average Bonchev–Trinajstić information content (AvgIpc) is 2.78. The van der Waals surface area contributed by atoms with E-state index in [1.807, 2.05) is 30.3 Å². The quantitative estimate of drug-likeness (QED) is 0.616. The van der Waals surface area contributed by atoms with E-state index >= 15 is 0 Å². The molecule has 1 amide bonds. The van der Waals surface area contributed by atoms with Crippen LogP contribution in [0.15, 0.2) is 72.8 Å². The molecule has 0 atom stereocenters. The predicted octanol–water partition coefficient (Wildman–Crippen LogP) is 3.92. The second-order valence-electron chi connectivity index (χ2n) is 6.59. The maximum atomic E-state index is 12.4. The van der Waals surface area contributed by atoms with Crippen LogP contribution in [0.2, 0.25) is 0 Å². The molecule has 0 saturated heterocycles. The van der Waals surface area contributed by atoms with Gasteiger partial charge in [-0.3, -0.25) is 4.79 Å². The van der Waals surface area contributed by atoms with Crippen molar-refractivity contribution in [2.24, 2.45) is 0 Å². The number of nitrogens with one attached hydrogen (secondary N) is 1. The molecule has 3 rings (SSSR count). The van der Waals surface area contributed by atoms with Crippen LogP contribution in [-0.2, 0) is 13.0 Å². The summed E-state index contributed by atoms with van der Waals surface area (Å²) in [6, 6.07) is 21.3. The molecule has 0 heterocycles.